The van der Waals surface area contributed by atoms with Crippen molar-refractivity contribution in [3.8, 4) is 0 Å². The van der Waals surface area contributed by atoms with E-state index in [4.69, 9.17) is 9.47 Å². The first-order chi connectivity index (χ1) is 14.3. The van der Waals surface area contributed by atoms with E-state index in [0.717, 1.165) is 24.7 Å². The Kier molecular flexibility index (Phi) is 9.15. The number of ether oxygens (including phenoxy) is 2. The number of carbonyl (C=O) groups excluding carboxylic acids is 3. The minimum Gasteiger partial charge on any atom is -0.445 e. The largest absolute Gasteiger partial charge is 0.445 e. The predicted molar refractivity (Wildman–Crippen MR) is 114 cm³/mol. The Morgan fingerprint density at radius 1 is 1.17 bits per heavy atom. The van der Waals surface area contributed by atoms with Gasteiger partial charge in [0, 0.05) is 32.6 Å². The third-order valence-electron chi connectivity index (χ3n) is 4.96. The van der Waals surface area contributed by atoms with Gasteiger partial charge in [-0.3, -0.25) is 0 Å². The van der Waals surface area contributed by atoms with Gasteiger partial charge in [-0.25, -0.2) is 9.59 Å². The molecule has 0 aliphatic carbocycles. The lowest BCUT2D eigenvalue weighted by molar-refractivity contribution is -0.108. The lowest BCUT2D eigenvalue weighted by atomic mass is 9.96. The molecule has 166 valence electrons. The molecule has 7 heteroatoms. The molecule has 0 unspecified atom stereocenters. The summed E-state index contributed by atoms with van der Waals surface area (Å²) in [6.45, 7) is 8.07. The molecule has 0 atom stereocenters. The molecule has 0 bridgehead atoms. The molecule has 1 fully saturated rings. The van der Waals surface area contributed by atoms with E-state index in [1.165, 1.54) is 0 Å². The molecule has 0 radical (unpaired) electrons. The zero-order chi connectivity index (χ0) is 22.0. The van der Waals surface area contributed by atoms with Crippen LogP contribution in [0.2, 0.25) is 0 Å². The van der Waals surface area contributed by atoms with Crippen LogP contribution in [0.25, 0.3) is 0 Å². The third kappa shape index (κ3) is 8.43. The number of nitrogens with zero attached hydrogens (tertiary/aromatic N) is 2. The minimum atomic E-state index is -0.564. The smallest absolute Gasteiger partial charge is 0.410 e. The second-order valence-corrected chi connectivity index (χ2v) is 8.71. The van der Waals surface area contributed by atoms with Gasteiger partial charge in [0.15, 0.2) is 0 Å². The van der Waals surface area contributed by atoms with Crippen molar-refractivity contribution in [1.29, 1.82) is 0 Å². The zero-order valence-electron chi connectivity index (χ0n) is 18.3. The average molecular weight is 419 g/mol. The fourth-order valence-electron chi connectivity index (χ4n) is 3.37. The molecular weight excluding hydrogens is 384 g/mol. The molecular formula is C23H34N2O5. The zero-order valence-corrected chi connectivity index (χ0v) is 18.3. The average Bonchev–Trinajstić information content (AvgIpc) is 2.71. The molecule has 1 saturated heterocycles. The van der Waals surface area contributed by atoms with Crippen LogP contribution >= 0.6 is 0 Å². The summed E-state index contributed by atoms with van der Waals surface area (Å²) >= 11 is 0. The monoisotopic (exact) mass is 418 g/mol. The number of piperidine rings is 1. The number of likely N-dealkylation sites (tertiary alicyclic amines) is 1. The van der Waals surface area contributed by atoms with Crippen molar-refractivity contribution in [3.63, 3.8) is 0 Å². The van der Waals surface area contributed by atoms with E-state index in [9.17, 15) is 14.4 Å². The summed E-state index contributed by atoms with van der Waals surface area (Å²) in [6.07, 6.45) is 2.86. The molecule has 0 aromatic heterocycles. The Labute approximate surface area is 179 Å². The van der Waals surface area contributed by atoms with Gasteiger partial charge in [0.25, 0.3) is 0 Å². The van der Waals surface area contributed by atoms with Crippen molar-refractivity contribution >= 4 is 18.5 Å². The molecule has 0 saturated carbocycles. The molecule has 1 aromatic carbocycles. The summed E-state index contributed by atoms with van der Waals surface area (Å²) in [5, 5.41) is 0. The van der Waals surface area contributed by atoms with E-state index in [1.807, 2.05) is 51.1 Å². The Morgan fingerprint density at radius 3 is 2.43 bits per heavy atom. The number of carbonyl (C=O) groups is 3. The Hall–Kier alpha value is -2.57. The van der Waals surface area contributed by atoms with Crippen LogP contribution < -0.4 is 0 Å². The van der Waals surface area contributed by atoms with Gasteiger partial charge in [-0.1, -0.05) is 30.3 Å². The van der Waals surface area contributed by atoms with Crippen LogP contribution in [-0.2, 0) is 20.9 Å². The van der Waals surface area contributed by atoms with Crippen LogP contribution in [0.4, 0.5) is 9.59 Å². The van der Waals surface area contributed by atoms with Gasteiger partial charge in [-0.15, -0.1) is 0 Å². The quantitative estimate of drug-likeness (QED) is 0.466. The highest BCUT2D eigenvalue weighted by Crippen LogP contribution is 2.21. The van der Waals surface area contributed by atoms with Crippen molar-refractivity contribution in [2.75, 3.05) is 26.2 Å². The SMILES string of the molecule is CC(C)(C)OC(=O)N(CCCC=O)CC1CCN(C(=O)OCc2ccccc2)CC1. The lowest BCUT2D eigenvalue weighted by Gasteiger charge is -2.35. The van der Waals surface area contributed by atoms with Crippen LogP contribution in [0.5, 0.6) is 0 Å². The number of benzene rings is 1. The van der Waals surface area contributed by atoms with E-state index in [0.29, 0.717) is 39.0 Å². The topological polar surface area (TPSA) is 76.2 Å². The minimum absolute atomic E-state index is 0.267. The van der Waals surface area contributed by atoms with E-state index < -0.39 is 5.60 Å². The third-order valence-corrected chi connectivity index (χ3v) is 4.96. The number of hydrogen-bond donors (Lipinski definition) is 0. The Morgan fingerprint density at radius 2 is 1.83 bits per heavy atom. The van der Waals surface area contributed by atoms with Crippen LogP contribution in [0.15, 0.2) is 30.3 Å². The highest BCUT2D eigenvalue weighted by atomic mass is 16.6. The molecule has 2 rings (SSSR count). The second kappa shape index (κ2) is 11.6. The molecule has 1 heterocycles. The number of unbranched alkanes of at least 4 members (excludes halogenated alkanes) is 1. The molecule has 2 amide bonds. The number of hydrogen-bond acceptors (Lipinski definition) is 5. The van der Waals surface area contributed by atoms with Gasteiger partial charge in [0.2, 0.25) is 0 Å². The molecule has 0 spiro atoms. The molecule has 0 N–H and O–H groups in total. The maximum Gasteiger partial charge on any atom is 0.410 e. The van der Waals surface area contributed by atoms with Crippen molar-refractivity contribution in [1.82, 2.24) is 9.80 Å². The number of aldehydes is 1. The number of rotatable bonds is 8. The fourth-order valence-corrected chi connectivity index (χ4v) is 3.37. The maximum absolute atomic E-state index is 12.6. The van der Waals surface area contributed by atoms with E-state index >= 15 is 0 Å². The fraction of sp³-hybridized carbons (Fsp3) is 0.609. The number of amides is 2. The van der Waals surface area contributed by atoms with Gasteiger partial charge in [0.05, 0.1) is 0 Å². The lowest BCUT2D eigenvalue weighted by Crippen LogP contribution is -2.44. The molecule has 1 aliphatic rings. The highest BCUT2D eigenvalue weighted by Gasteiger charge is 2.28. The van der Waals surface area contributed by atoms with Crippen molar-refractivity contribution < 1.29 is 23.9 Å². The second-order valence-electron chi connectivity index (χ2n) is 8.71. The summed E-state index contributed by atoms with van der Waals surface area (Å²) in [6, 6.07) is 9.61. The maximum atomic E-state index is 12.6. The van der Waals surface area contributed by atoms with Gasteiger partial charge >= 0.3 is 12.2 Å². The normalized spacial score (nSPS) is 14.8. The first-order valence-electron chi connectivity index (χ1n) is 10.7. The predicted octanol–water partition coefficient (Wildman–Crippen LogP) is 4.25. The first kappa shape index (κ1) is 23.7. The molecule has 1 aliphatic heterocycles. The van der Waals surface area contributed by atoms with Crippen LogP contribution in [0.3, 0.4) is 0 Å². The van der Waals surface area contributed by atoms with Crippen LogP contribution in [0.1, 0.15) is 52.0 Å². The summed E-state index contributed by atoms with van der Waals surface area (Å²) in [7, 11) is 0. The van der Waals surface area contributed by atoms with Gasteiger partial charge in [0.1, 0.15) is 18.5 Å². The van der Waals surface area contributed by atoms with E-state index in [-0.39, 0.29) is 24.7 Å². The van der Waals surface area contributed by atoms with Crippen molar-refractivity contribution in [2.24, 2.45) is 5.92 Å². The van der Waals surface area contributed by atoms with Crippen molar-refractivity contribution in [3.05, 3.63) is 35.9 Å². The first-order valence-corrected chi connectivity index (χ1v) is 10.7. The molecule has 1 aromatic rings. The molecule has 7 nitrogen and oxygen atoms in total. The highest BCUT2D eigenvalue weighted by molar-refractivity contribution is 5.68. The van der Waals surface area contributed by atoms with Crippen LogP contribution in [-0.4, -0.2) is 60.1 Å². The van der Waals surface area contributed by atoms with Gasteiger partial charge in [-0.05, 0) is 51.5 Å². The standard InChI is InChI=1S/C23H34N2O5/c1-23(2,3)30-22(28)25(13-7-8-16-26)17-19-11-14-24(15-12-19)21(27)29-18-20-9-5-4-6-10-20/h4-6,9-10,16,19H,7-8,11-15,17-18H2,1-3H3. The Bertz CT molecular complexity index is 679. The van der Waals surface area contributed by atoms with E-state index in [2.05, 4.69) is 0 Å². The van der Waals surface area contributed by atoms with Crippen LogP contribution in [0, 0.1) is 5.92 Å². The Balaban J connectivity index is 1.81. The van der Waals surface area contributed by atoms with Gasteiger partial charge in [-0.2, -0.15) is 0 Å². The summed E-state index contributed by atoms with van der Waals surface area (Å²) in [4.78, 5) is 38.9. The summed E-state index contributed by atoms with van der Waals surface area (Å²) < 4.78 is 10.9. The van der Waals surface area contributed by atoms with Gasteiger partial charge < -0.3 is 24.1 Å². The van der Waals surface area contributed by atoms with Crippen molar-refractivity contribution in [2.45, 2.75) is 58.7 Å². The molecule has 30 heavy (non-hydrogen) atoms. The van der Waals surface area contributed by atoms with E-state index in [1.54, 1.807) is 9.80 Å². The summed E-state index contributed by atoms with van der Waals surface area (Å²) in [5.41, 5.74) is 0.398. The summed E-state index contributed by atoms with van der Waals surface area (Å²) in [5.74, 6) is 0.284.